The van der Waals surface area contributed by atoms with Gasteiger partial charge in [0.1, 0.15) is 5.75 Å². The Morgan fingerprint density at radius 3 is 2.48 bits per heavy atom. The van der Waals surface area contributed by atoms with E-state index in [2.05, 4.69) is 43.5 Å². The number of halogens is 3. The Morgan fingerprint density at radius 1 is 1.06 bits per heavy atom. The first-order valence-electron chi connectivity index (χ1n) is 9.99. The number of nitrogens with one attached hydrogen (secondary N) is 2. The molecule has 3 rings (SSSR count). The molecule has 0 unspecified atom stereocenters. The molecule has 2 aromatic carbocycles. The maximum atomic E-state index is 12.4. The van der Waals surface area contributed by atoms with Gasteiger partial charge in [0.15, 0.2) is 5.96 Å². The lowest BCUT2D eigenvalue weighted by molar-refractivity contribution is -0.0498. The molecule has 31 heavy (non-hydrogen) atoms. The van der Waals surface area contributed by atoms with Gasteiger partial charge in [-0.15, -0.1) is 24.0 Å². The number of ether oxygens (including phenoxy) is 2. The van der Waals surface area contributed by atoms with Gasteiger partial charge >= 0.3 is 6.61 Å². The second-order valence-corrected chi connectivity index (χ2v) is 6.96. The smallest absolute Gasteiger partial charge is 0.387 e. The van der Waals surface area contributed by atoms with Gasteiger partial charge in [-0.1, -0.05) is 36.4 Å². The molecule has 0 aromatic heterocycles. The lowest BCUT2D eigenvalue weighted by Gasteiger charge is -2.27. The topological polar surface area (TPSA) is 58.1 Å². The number of benzene rings is 2. The predicted molar refractivity (Wildman–Crippen MR) is 128 cm³/mol. The van der Waals surface area contributed by atoms with E-state index < -0.39 is 6.61 Å². The van der Waals surface area contributed by atoms with Crippen LogP contribution in [0.3, 0.4) is 0 Å². The molecule has 0 saturated carbocycles. The third kappa shape index (κ3) is 8.58. The number of rotatable bonds is 8. The molecule has 0 aliphatic carbocycles. The monoisotopic (exact) mass is 546 g/mol. The summed E-state index contributed by atoms with van der Waals surface area (Å²) in [4.78, 5) is 6.64. The molecule has 0 atom stereocenters. The van der Waals surface area contributed by atoms with Crippen molar-refractivity contribution in [3.8, 4) is 5.75 Å². The Labute approximate surface area is 199 Å². The summed E-state index contributed by atoms with van der Waals surface area (Å²) < 4.78 is 34.7. The van der Waals surface area contributed by atoms with Crippen molar-refractivity contribution in [1.29, 1.82) is 0 Å². The number of morpholine rings is 1. The summed E-state index contributed by atoms with van der Waals surface area (Å²) in [6, 6.07) is 15.0. The molecule has 6 nitrogen and oxygen atoms in total. The van der Waals surface area contributed by atoms with E-state index in [1.54, 1.807) is 19.2 Å². The number of alkyl halides is 2. The van der Waals surface area contributed by atoms with E-state index >= 15 is 0 Å². The van der Waals surface area contributed by atoms with E-state index in [-0.39, 0.29) is 29.7 Å². The van der Waals surface area contributed by atoms with E-state index in [0.717, 1.165) is 38.4 Å². The molecule has 1 heterocycles. The number of hydrogen-bond acceptors (Lipinski definition) is 4. The van der Waals surface area contributed by atoms with Crippen LogP contribution in [0.25, 0.3) is 0 Å². The number of hydrogen-bond donors (Lipinski definition) is 2. The molecular formula is C22H29F2IN4O2. The summed E-state index contributed by atoms with van der Waals surface area (Å²) in [6.45, 7) is 2.58. The van der Waals surface area contributed by atoms with E-state index in [4.69, 9.17) is 4.74 Å². The highest BCUT2D eigenvalue weighted by molar-refractivity contribution is 14.0. The SMILES string of the molecule is CN=C(NCc1cccc(OC(F)F)c1)NCc1ccccc1CN1CCOCC1.I. The van der Waals surface area contributed by atoms with Gasteiger partial charge in [-0.25, -0.2) is 0 Å². The van der Waals surface area contributed by atoms with Gasteiger partial charge in [-0.05, 0) is 28.8 Å². The highest BCUT2D eigenvalue weighted by Crippen LogP contribution is 2.16. The molecular weight excluding hydrogens is 517 g/mol. The number of aliphatic imine (C=N–C) groups is 1. The van der Waals surface area contributed by atoms with Crippen LogP contribution < -0.4 is 15.4 Å². The highest BCUT2D eigenvalue weighted by Gasteiger charge is 2.13. The Bertz CT molecular complexity index is 833. The summed E-state index contributed by atoms with van der Waals surface area (Å²) in [7, 11) is 1.70. The Morgan fingerprint density at radius 2 is 1.77 bits per heavy atom. The Kier molecular flexibility index (Phi) is 11.0. The van der Waals surface area contributed by atoms with Crippen molar-refractivity contribution in [3.63, 3.8) is 0 Å². The van der Waals surface area contributed by atoms with Gasteiger partial charge in [0.2, 0.25) is 0 Å². The average molecular weight is 546 g/mol. The molecule has 1 fully saturated rings. The average Bonchev–Trinajstić information content (AvgIpc) is 2.75. The molecule has 0 bridgehead atoms. The maximum absolute atomic E-state index is 12.4. The van der Waals surface area contributed by atoms with Crippen molar-refractivity contribution < 1.29 is 18.3 Å². The van der Waals surface area contributed by atoms with Gasteiger partial charge in [-0.2, -0.15) is 8.78 Å². The third-order valence-electron chi connectivity index (χ3n) is 4.87. The zero-order valence-corrected chi connectivity index (χ0v) is 19.9. The van der Waals surface area contributed by atoms with Crippen molar-refractivity contribution >= 4 is 29.9 Å². The first-order chi connectivity index (χ1) is 14.6. The van der Waals surface area contributed by atoms with Gasteiger partial charge in [-0.3, -0.25) is 9.89 Å². The summed E-state index contributed by atoms with van der Waals surface area (Å²) in [5.41, 5.74) is 3.31. The maximum Gasteiger partial charge on any atom is 0.387 e. The normalized spacial score (nSPS) is 14.8. The molecule has 1 saturated heterocycles. The van der Waals surface area contributed by atoms with Crippen LogP contribution >= 0.6 is 24.0 Å². The summed E-state index contributed by atoms with van der Waals surface area (Å²) >= 11 is 0. The zero-order chi connectivity index (χ0) is 21.2. The van der Waals surface area contributed by atoms with Crippen LogP contribution in [0.5, 0.6) is 5.75 Å². The Balaban J connectivity index is 0.00000341. The minimum absolute atomic E-state index is 0. The molecule has 0 radical (unpaired) electrons. The lowest BCUT2D eigenvalue weighted by atomic mass is 10.1. The molecule has 1 aliphatic heterocycles. The van der Waals surface area contributed by atoms with Crippen LogP contribution in [0.15, 0.2) is 53.5 Å². The largest absolute Gasteiger partial charge is 0.435 e. The van der Waals surface area contributed by atoms with Crippen LogP contribution in [-0.4, -0.2) is 50.8 Å². The van der Waals surface area contributed by atoms with Crippen molar-refractivity contribution in [1.82, 2.24) is 15.5 Å². The molecule has 9 heteroatoms. The first kappa shape index (κ1) is 25.3. The zero-order valence-electron chi connectivity index (χ0n) is 17.5. The quantitative estimate of drug-likeness (QED) is 0.301. The van der Waals surface area contributed by atoms with E-state index in [0.29, 0.717) is 19.0 Å². The molecule has 2 N–H and O–H groups in total. The fourth-order valence-electron chi connectivity index (χ4n) is 3.30. The predicted octanol–water partition coefficient (Wildman–Crippen LogP) is 3.60. The van der Waals surface area contributed by atoms with Gasteiger partial charge in [0.05, 0.1) is 13.2 Å². The van der Waals surface area contributed by atoms with E-state index in [1.165, 1.54) is 17.2 Å². The van der Waals surface area contributed by atoms with Crippen molar-refractivity contribution in [2.75, 3.05) is 33.4 Å². The second kappa shape index (κ2) is 13.4. The fraction of sp³-hybridized carbons (Fsp3) is 0.409. The molecule has 1 aliphatic rings. The van der Waals surface area contributed by atoms with E-state index in [1.807, 2.05) is 12.1 Å². The second-order valence-electron chi connectivity index (χ2n) is 6.96. The van der Waals surface area contributed by atoms with Crippen molar-refractivity contribution in [3.05, 3.63) is 65.2 Å². The summed E-state index contributed by atoms with van der Waals surface area (Å²) in [5.74, 6) is 0.778. The van der Waals surface area contributed by atoms with Crippen LogP contribution in [0.1, 0.15) is 16.7 Å². The number of guanidine groups is 1. The fourth-order valence-corrected chi connectivity index (χ4v) is 3.30. The van der Waals surface area contributed by atoms with Gasteiger partial charge in [0, 0.05) is 39.8 Å². The minimum atomic E-state index is -2.83. The minimum Gasteiger partial charge on any atom is -0.435 e. The van der Waals surface area contributed by atoms with E-state index in [9.17, 15) is 8.78 Å². The van der Waals surface area contributed by atoms with Gasteiger partial charge < -0.3 is 20.1 Å². The van der Waals surface area contributed by atoms with Crippen molar-refractivity contribution in [2.24, 2.45) is 4.99 Å². The summed E-state index contributed by atoms with van der Waals surface area (Å²) in [5, 5.41) is 6.53. The van der Waals surface area contributed by atoms with Gasteiger partial charge in [0.25, 0.3) is 0 Å². The molecule has 170 valence electrons. The summed E-state index contributed by atoms with van der Waals surface area (Å²) in [6.07, 6.45) is 0. The number of nitrogens with zero attached hydrogens (tertiary/aromatic N) is 2. The standard InChI is InChI=1S/C22H28F2N4O2.HI/c1-25-22(26-14-17-5-4-8-20(13-17)30-21(23)24)27-15-18-6-2-3-7-19(18)16-28-9-11-29-12-10-28;/h2-8,13,21H,9-12,14-16H2,1H3,(H2,25,26,27);1H. The van der Waals surface area contributed by atoms with Crippen molar-refractivity contribution in [2.45, 2.75) is 26.2 Å². The van der Waals surface area contributed by atoms with Crippen LogP contribution in [0, 0.1) is 0 Å². The van der Waals surface area contributed by atoms with Crippen LogP contribution in [0.4, 0.5) is 8.78 Å². The molecule has 0 amide bonds. The first-order valence-corrected chi connectivity index (χ1v) is 9.99. The molecule has 2 aromatic rings. The van der Waals surface area contributed by atoms with Crippen LogP contribution in [-0.2, 0) is 24.4 Å². The molecule has 0 spiro atoms. The van der Waals surface area contributed by atoms with Crippen LogP contribution in [0.2, 0.25) is 0 Å². The lowest BCUT2D eigenvalue weighted by Crippen LogP contribution is -2.37. The highest BCUT2D eigenvalue weighted by atomic mass is 127. The Hall–Kier alpha value is -1.98. The third-order valence-corrected chi connectivity index (χ3v) is 4.87.